The molecule has 0 saturated heterocycles. The van der Waals surface area contributed by atoms with Crippen molar-refractivity contribution in [3.63, 3.8) is 0 Å². The van der Waals surface area contributed by atoms with Crippen molar-refractivity contribution in [1.29, 1.82) is 0 Å². The van der Waals surface area contributed by atoms with Crippen LogP contribution in [-0.4, -0.2) is 46.5 Å². The summed E-state index contributed by atoms with van der Waals surface area (Å²) in [5.41, 5.74) is 0. The Labute approximate surface area is 82.3 Å². The lowest BCUT2D eigenvalue weighted by Crippen LogP contribution is -2.21. The lowest BCUT2D eigenvalue weighted by molar-refractivity contribution is -0.136. The van der Waals surface area contributed by atoms with Crippen LogP contribution >= 0.6 is 11.8 Å². The number of hydrogen-bond acceptors (Lipinski definition) is 4. The maximum atomic E-state index is 10.4. The Morgan fingerprint density at radius 2 is 2.23 bits per heavy atom. The summed E-state index contributed by atoms with van der Waals surface area (Å²) in [6, 6.07) is 0. The lowest BCUT2D eigenvalue weighted by atomic mass is 10.4. The molecule has 0 heterocycles. The van der Waals surface area contributed by atoms with E-state index in [9.17, 15) is 9.90 Å². The molecule has 2 atom stereocenters. The zero-order valence-electron chi connectivity index (χ0n) is 7.90. The number of aliphatic hydroxyl groups is 1. The average Bonchev–Trinajstić information content (AvgIpc) is 2.10. The van der Waals surface area contributed by atoms with E-state index in [1.54, 1.807) is 6.92 Å². The quantitative estimate of drug-likeness (QED) is 0.641. The van der Waals surface area contributed by atoms with Crippen molar-refractivity contribution in [2.45, 2.75) is 25.2 Å². The number of hydrogen-bond donors (Lipinski definition) is 2. The lowest BCUT2D eigenvalue weighted by Gasteiger charge is -2.11. The fourth-order valence-electron chi connectivity index (χ4n) is 0.629. The van der Waals surface area contributed by atoms with Crippen LogP contribution in [0.15, 0.2) is 0 Å². The largest absolute Gasteiger partial charge is 0.480 e. The molecule has 0 aromatic rings. The van der Waals surface area contributed by atoms with Crippen LogP contribution in [0.4, 0.5) is 0 Å². The second kappa shape index (κ2) is 7.17. The molecule has 78 valence electrons. The molecule has 0 fully saturated rings. The van der Waals surface area contributed by atoms with Gasteiger partial charge in [-0.3, -0.25) is 4.79 Å². The summed E-state index contributed by atoms with van der Waals surface area (Å²) in [5.74, 6) is -0.457. The topological polar surface area (TPSA) is 66.8 Å². The van der Waals surface area contributed by atoms with Gasteiger partial charge in [0.1, 0.15) is 0 Å². The Kier molecular flexibility index (Phi) is 7.03. The molecule has 0 aliphatic rings. The number of carboxylic acids is 1. The third-order valence-corrected chi connectivity index (χ3v) is 2.68. The zero-order chi connectivity index (χ0) is 10.3. The van der Waals surface area contributed by atoms with Crippen LogP contribution in [0.1, 0.15) is 13.8 Å². The Balaban J connectivity index is 3.45. The molecule has 0 amide bonds. The summed E-state index contributed by atoms with van der Waals surface area (Å²) < 4.78 is 4.98. The summed E-state index contributed by atoms with van der Waals surface area (Å²) in [7, 11) is 0. The molecule has 0 aromatic heterocycles. The molecule has 0 aliphatic carbocycles. The van der Waals surface area contributed by atoms with E-state index in [0.29, 0.717) is 12.4 Å². The van der Waals surface area contributed by atoms with Gasteiger partial charge in [0.15, 0.2) is 0 Å². The minimum absolute atomic E-state index is 0.274. The molecule has 0 rings (SSSR count). The number of carboxylic acid groups (broad SMARTS) is 1. The van der Waals surface area contributed by atoms with Crippen molar-refractivity contribution >= 4 is 17.7 Å². The predicted molar refractivity (Wildman–Crippen MR) is 52.1 cm³/mol. The summed E-state index contributed by atoms with van der Waals surface area (Å²) >= 11 is 1.21. The molecule has 0 aliphatic heterocycles. The van der Waals surface area contributed by atoms with E-state index in [1.807, 2.05) is 6.92 Å². The van der Waals surface area contributed by atoms with Crippen LogP contribution in [0.5, 0.6) is 0 Å². The molecule has 13 heavy (non-hydrogen) atoms. The van der Waals surface area contributed by atoms with E-state index in [-0.39, 0.29) is 6.61 Å². The highest BCUT2D eigenvalue weighted by atomic mass is 32.2. The van der Waals surface area contributed by atoms with Crippen LogP contribution in [0, 0.1) is 0 Å². The third kappa shape index (κ3) is 6.86. The highest BCUT2D eigenvalue weighted by Crippen LogP contribution is 2.11. The molecule has 4 nitrogen and oxygen atoms in total. The van der Waals surface area contributed by atoms with Crippen molar-refractivity contribution in [2.24, 2.45) is 0 Å². The standard InChI is InChI=1S/C8H16O4S/c1-3-12-4-7(9)5-13-6(2)8(10)11/h6-7,9H,3-5H2,1-2H3,(H,10,11). The number of aliphatic hydroxyl groups excluding tert-OH is 1. The molecular weight excluding hydrogens is 192 g/mol. The van der Waals surface area contributed by atoms with Gasteiger partial charge < -0.3 is 14.9 Å². The molecule has 2 N–H and O–H groups in total. The zero-order valence-corrected chi connectivity index (χ0v) is 8.71. The van der Waals surface area contributed by atoms with Crippen LogP contribution < -0.4 is 0 Å². The Hall–Kier alpha value is -0.260. The average molecular weight is 208 g/mol. The summed E-state index contributed by atoms with van der Waals surface area (Å²) in [4.78, 5) is 10.4. The number of thioether (sulfide) groups is 1. The van der Waals surface area contributed by atoms with Gasteiger partial charge in [-0.15, -0.1) is 11.8 Å². The Morgan fingerprint density at radius 3 is 2.69 bits per heavy atom. The first-order valence-electron chi connectivity index (χ1n) is 4.18. The number of ether oxygens (including phenoxy) is 1. The van der Waals surface area contributed by atoms with Crippen LogP contribution in [0.25, 0.3) is 0 Å². The smallest absolute Gasteiger partial charge is 0.316 e. The van der Waals surface area contributed by atoms with Crippen molar-refractivity contribution in [2.75, 3.05) is 19.0 Å². The van der Waals surface area contributed by atoms with E-state index in [1.165, 1.54) is 11.8 Å². The maximum Gasteiger partial charge on any atom is 0.316 e. The molecule has 0 aromatic carbocycles. The van der Waals surface area contributed by atoms with E-state index in [2.05, 4.69) is 0 Å². The highest BCUT2D eigenvalue weighted by molar-refractivity contribution is 8.00. The summed E-state index contributed by atoms with van der Waals surface area (Å²) in [6.07, 6.45) is -0.577. The van der Waals surface area contributed by atoms with Crippen molar-refractivity contribution in [1.82, 2.24) is 0 Å². The monoisotopic (exact) mass is 208 g/mol. The minimum atomic E-state index is -0.853. The van der Waals surface area contributed by atoms with Gasteiger partial charge in [-0.2, -0.15) is 0 Å². The van der Waals surface area contributed by atoms with E-state index >= 15 is 0 Å². The fraction of sp³-hybridized carbons (Fsp3) is 0.875. The summed E-state index contributed by atoms with van der Waals surface area (Å²) in [5, 5.41) is 17.3. The van der Waals surface area contributed by atoms with Gasteiger partial charge in [0, 0.05) is 12.4 Å². The van der Waals surface area contributed by atoms with Gasteiger partial charge in [-0.1, -0.05) is 0 Å². The second-order valence-corrected chi connectivity index (χ2v) is 4.00. The van der Waals surface area contributed by atoms with E-state index in [0.717, 1.165) is 0 Å². The highest BCUT2D eigenvalue weighted by Gasteiger charge is 2.13. The first-order valence-corrected chi connectivity index (χ1v) is 5.23. The molecule has 0 spiro atoms. The van der Waals surface area contributed by atoms with Gasteiger partial charge in [0.2, 0.25) is 0 Å². The van der Waals surface area contributed by atoms with Crippen molar-refractivity contribution in [3.8, 4) is 0 Å². The number of aliphatic carboxylic acids is 1. The normalized spacial score (nSPS) is 15.3. The van der Waals surface area contributed by atoms with Crippen LogP contribution in [-0.2, 0) is 9.53 Å². The first-order chi connectivity index (χ1) is 6.07. The van der Waals surface area contributed by atoms with Gasteiger partial charge in [-0.25, -0.2) is 0 Å². The maximum absolute atomic E-state index is 10.4. The van der Waals surface area contributed by atoms with E-state index < -0.39 is 17.3 Å². The van der Waals surface area contributed by atoms with Crippen molar-refractivity contribution < 1.29 is 19.7 Å². The number of carbonyl (C=O) groups is 1. The fourth-order valence-corrected chi connectivity index (χ4v) is 1.38. The van der Waals surface area contributed by atoms with Gasteiger partial charge >= 0.3 is 5.97 Å². The molecule has 0 saturated carbocycles. The molecule has 5 heteroatoms. The minimum Gasteiger partial charge on any atom is -0.480 e. The predicted octanol–water partition coefficient (Wildman–Crippen LogP) is 0.590. The van der Waals surface area contributed by atoms with E-state index in [4.69, 9.17) is 9.84 Å². The van der Waals surface area contributed by atoms with Gasteiger partial charge in [-0.05, 0) is 13.8 Å². The summed E-state index contributed by atoms with van der Waals surface area (Å²) in [6.45, 7) is 4.28. The first kappa shape index (κ1) is 12.7. The molecule has 2 unspecified atom stereocenters. The number of rotatable bonds is 7. The van der Waals surface area contributed by atoms with Crippen LogP contribution in [0.2, 0.25) is 0 Å². The third-order valence-electron chi connectivity index (χ3n) is 1.40. The van der Waals surface area contributed by atoms with Crippen molar-refractivity contribution in [3.05, 3.63) is 0 Å². The second-order valence-electron chi connectivity index (χ2n) is 2.63. The molecular formula is C8H16O4S. The Morgan fingerprint density at radius 1 is 1.62 bits per heavy atom. The van der Waals surface area contributed by atoms with Gasteiger partial charge in [0.25, 0.3) is 0 Å². The van der Waals surface area contributed by atoms with Crippen LogP contribution in [0.3, 0.4) is 0 Å². The molecule has 0 radical (unpaired) electrons. The van der Waals surface area contributed by atoms with Gasteiger partial charge in [0.05, 0.1) is 18.0 Å². The Bertz CT molecular complexity index is 151. The SMILES string of the molecule is CCOCC(O)CSC(C)C(=O)O. The molecule has 0 bridgehead atoms.